The van der Waals surface area contributed by atoms with E-state index < -0.39 is 8.07 Å². The van der Waals surface area contributed by atoms with Crippen LogP contribution >= 0.6 is 0 Å². The molecule has 5 nitrogen and oxygen atoms in total. The number of imidazole rings is 1. The first kappa shape index (κ1) is 36.0. The number of pyridine rings is 2. The van der Waals surface area contributed by atoms with Gasteiger partial charge in [-0.3, -0.25) is 4.98 Å². The number of rotatable bonds is 5. The van der Waals surface area contributed by atoms with Crippen LogP contribution < -0.4 is 5.19 Å². The molecule has 0 unspecified atom stereocenters. The Hall–Kier alpha value is -5.98. The van der Waals surface area contributed by atoms with Gasteiger partial charge in [-0.25, -0.2) is 4.98 Å². The molecule has 0 spiro atoms. The van der Waals surface area contributed by atoms with Crippen molar-refractivity contribution in [3.8, 4) is 39.6 Å². The Bertz CT molecular complexity index is 2900. The predicted molar refractivity (Wildman–Crippen MR) is 225 cm³/mol. The molecule has 55 heavy (non-hydrogen) atoms. The van der Waals surface area contributed by atoms with E-state index in [1.54, 1.807) is 0 Å². The molecule has 1 radical (unpaired) electrons. The van der Waals surface area contributed by atoms with Crippen LogP contribution in [0.1, 0.15) is 0 Å². The summed E-state index contributed by atoms with van der Waals surface area (Å²) in [6, 6.07) is 60.1. The first-order valence-electron chi connectivity index (χ1n) is 18.1. The standard InChI is InChI=1S/C34H20N3O.C14H16NSi.Ir/c1-3-11-23(12-4-1)29-20-21-30-34(35-29)37(24-13-5-2-6-14-24)33(36-30)28-17-9-16-26-27-19-18-22-10-7-8-15-25(22)31(27)38-32(26)28;1-16(2,3)13-9-10-14(15-11-13)12-7-5-4-6-8-12;/h1-16,18-21H;4-7,9-11H,1-3H3;/q2*-1;. The third kappa shape index (κ3) is 6.94. The Kier molecular flexibility index (Phi) is 9.85. The quantitative estimate of drug-likeness (QED) is 0.128. The van der Waals surface area contributed by atoms with E-state index in [0.717, 1.165) is 83.5 Å². The van der Waals surface area contributed by atoms with Gasteiger partial charge >= 0.3 is 0 Å². The maximum atomic E-state index is 6.63. The number of hydrogen-bond acceptors (Lipinski definition) is 4. The van der Waals surface area contributed by atoms with Crippen LogP contribution in [0.4, 0.5) is 0 Å². The number of aromatic nitrogens is 4. The summed E-state index contributed by atoms with van der Waals surface area (Å²) >= 11 is 0. The molecule has 0 atom stereocenters. The molecule has 0 bridgehead atoms. The van der Waals surface area contributed by atoms with E-state index in [4.69, 9.17) is 14.4 Å². The van der Waals surface area contributed by atoms with Gasteiger partial charge in [-0.05, 0) is 40.5 Å². The topological polar surface area (TPSA) is 56.7 Å². The van der Waals surface area contributed by atoms with Gasteiger partial charge in [0, 0.05) is 48.3 Å². The van der Waals surface area contributed by atoms with E-state index in [0.29, 0.717) is 0 Å². The average Bonchev–Trinajstić information content (AvgIpc) is 3.81. The van der Waals surface area contributed by atoms with Crippen LogP contribution in [0, 0.1) is 12.1 Å². The van der Waals surface area contributed by atoms with Crippen LogP contribution in [-0.2, 0) is 20.1 Å². The number of fused-ring (bicyclic) bond motifs is 6. The first-order valence-corrected chi connectivity index (χ1v) is 21.6. The summed E-state index contributed by atoms with van der Waals surface area (Å²) in [5.41, 5.74) is 9.08. The van der Waals surface area contributed by atoms with Crippen molar-refractivity contribution in [3.05, 3.63) is 176 Å². The second-order valence-corrected chi connectivity index (χ2v) is 19.4. The fourth-order valence-electron chi connectivity index (χ4n) is 6.90. The maximum absolute atomic E-state index is 6.63. The number of furan rings is 1. The third-order valence-electron chi connectivity index (χ3n) is 9.75. The fourth-order valence-corrected chi connectivity index (χ4v) is 7.94. The van der Waals surface area contributed by atoms with Gasteiger partial charge < -0.3 is 14.0 Å². The molecular weight excluding hydrogens is 869 g/mol. The van der Waals surface area contributed by atoms with Crippen LogP contribution in [0.3, 0.4) is 0 Å². The molecule has 10 aromatic rings. The Morgan fingerprint density at radius 3 is 2.05 bits per heavy atom. The maximum Gasteiger partial charge on any atom is 0.156 e. The minimum atomic E-state index is -1.23. The molecule has 0 saturated carbocycles. The molecule has 0 N–H and O–H groups in total. The molecule has 0 aliphatic heterocycles. The van der Waals surface area contributed by atoms with Gasteiger partial charge in [0.25, 0.3) is 0 Å². The minimum absolute atomic E-state index is 0. The molecule has 7 heteroatoms. The molecule has 4 aromatic heterocycles. The van der Waals surface area contributed by atoms with Gasteiger partial charge in [0.1, 0.15) is 5.58 Å². The largest absolute Gasteiger partial charge is 0.500 e. The molecule has 0 aliphatic rings. The third-order valence-corrected chi connectivity index (χ3v) is 11.8. The molecule has 0 aliphatic carbocycles. The van der Waals surface area contributed by atoms with Gasteiger partial charge in [0.2, 0.25) is 0 Å². The molecule has 10 rings (SSSR count). The summed E-state index contributed by atoms with van der Waals surface area (Å²) < 4.78 is 8.74. The molecule has 0 saturated heterocycles. The summed E-state index contributed by atoms with van der Waals surface area (Å²) in [4.78, 5) is 14.7. The Balaban J connectivity index is 0.000000212. The van der Waals surface area contributed by atoms with Crippen molar-refractivity contribution in [2.24, 2.45) is 0 Å². The predicted octanol–water partition coefficient (Wildman–Crippen LogP) is 11.7. The SMILES string of the molecule is C[Si](C)(C)c1ccc(-c2[c-]cccc2)nc1.[Ir].[c-]1ccc2c(oc3c4ccccc4ccc23)c1-c1nc2ccc(-c3ccccc3)nc2n1-c1ccccc1. The van der Waals surface area contributed by atoms with Gasteiger partial charge in [-0.15, -0.1) is 54.1 Å². The van der Waals surface area contributed by atoms with E-state index >= 15 is 0 Å². The second kappa shape index (κ2) is 15.0. The van der Waals surface area contributed by atoms with E-state index in [9.17, 15) is 0 Å². The zero-order chi connectivity index (χ0) is 36.6. The van der Waals surface area contributed by atoms with Gasteiger partial charge in [0.15, 0.2) is 5.65 Å². The van der Waals surface area contributed by atoms with Gasteiger partial charge in [-0.1, -0.05) is 128 Å². The molecule has 0 amide bonds. The second-order valence-electron chi connectivity index (χ2n) is 14.3. The summed E-state index contributed by atoms with van der Waals surface area (Å²) in [5, 5.41) is 5.77. The molecule has 0 fully saturated rings. The average molecular weight is 905 g/mol. The smallest absolute Gasteiger partial charge is 0.156 e. The molecule has 6 aromatic carbocycles. The number of benzene rings is 6. The Morgan fingerprint density at radius 1 is 0.582 bits per heavy atom. The first-order chi connectivity index (χ1) is 26.4. The Labute approximate surface area is 334 Å². The normalized spacial score (nSPS) is 11.4. The van der Waals surface area contributed by atoms with Gasteiger partial charge in [-0.2, -0.15) is 0 Å². The van der Waals surface area contributed by atoms with Crippen LogP contribution in [0.2, 0.25) is 19.6 Å². The number of para-hydroxylation sites is 1. The summed E-state index contributed by atoms with van der Waals surface area (Å²) in [6.07, 6.45) is 2.02. The summed E-state index contributed by atoms with van der Waals surface area (Å²) in [5.74, 6) is 0.748. The van der Waals surface area contributed by atoms with E-state index in [2.05, 4.69) is 114 Å². The fraction of sp³-hybridized carbons (Fsp3) is 0.0625. The van der Waals surface area contributed by atoms with Crippen molar-refractivity contribution >= 4 is 57.1 Å². The van der Waals surface area contributed by atoms with Crippen LogP contribution in [0.15, 0.2) is 168 Å². The van der Waals surface area contributed by atoms with E-state index in [1.807, 2.05) is 91.1 Å². The van der Waals surface area contributed by atoms with Crippen molar-refractivity contribution in [1.82, 2.24) is 19.5 Å². The van der Waals surface area contributed by atoms with Crippen molar-refractivity contribution in [3.63, 3.8) is 0 Å². The zero-order valence-corrected chi connectivity index (χ0v) is 34.0. The van der Waals surface area contributed by atoms with Crippen LogP contribution in [0.25, 0.3) is 83.5 Å². The minimum Gasteiger partial charge on any atom is -0.500 e. The number of hydrogen-bond donors (Lipinski definition) is 0. The van der Waals surface area contributed by atoms with E-state index in [1.165, 1.54) is 5.19 Å². The summed E-state index contributed by atoms with van der Waals surface area (Å²) in [7, 11) is -1.23. The summed E-state index contributed by atoms with van der Waals surface area (Å²) in [6.45, 7) is 7.00. The van der Waals surface area contributed by atoms with Crippen molar-refractivity contribution in [2.75, 3.05) is 0 Å². The van der Waals surface area contributed by atoms with Crippen molar-refractivity contribution in [1.29, 1.82) is 0 Å². The Morgan fingerprint density at radius 2 is 1.31 bits per heavy atom. The number of nitrogens with zero attached hydrogens (tertiary/aromatic N) is 4. The van der Waals surface area contributed by atoms with E-state index in [-0.39, 0.29) is 20.1 Å². The van der Waals surface area contributed by atoms with Crippen LogP contribution in [-0.4, -0.2) is 27.6 Å². The van der Waals surface area contributed by atoms with Crippen LogP contribution in [0.5, 0.6) is 0 Å². The molecule has 4 heterocycles. The van der Waals surface area contributed by atoms with Crippen molar-refractivity contribution in [2.45, 2.75) is 19.6 Å². The molecule has 269 valence electrons. The molecular formula is C48H36IrN4OSi-2. The monoisotopic (exact) mass is 905 g/mol. The van der Waals surface area contributed by atoms with Crippen molar-refractivity contribution < 1.29 is 24.5 Å². The van der Waals surface area contributed by atoms with Gasteiger partial charge in [0.05, 0.1) is 30.7 Å². The zero-order valence-electron chi connectivity index (χ0n) is 30.6.